The predicted molar refractivity (Wildman–Crippen MR) is 75.3 cm³/mol. The van der Waals surface area contributed by atoms with E-state index < -0.39 is 0 Å². The number of hydrogen-bond donors (Lipinski definition) is 2. The summed E-state index contributed by atoms with van der Waals surface area (Å²) >= 11 is 0. The zero-order valence-corrected chi connectivity index (χ0v) is 11.8. The summed E-state index contributed by atoms with van der Waals surface area (Å²) in [4.78, 5) is 20.3. The van der Waals surface area contributed by atoms with Gasteiger partial charge >= 0.3 is 0 Å². The van der Waals surface area contributed by atoms with Crippen LogP contribution in [-0.2, 0) is 0 Å². The Labute approximate surface area is 122 Å². The Kier molecular flexibility index (Phi) is 4.69. The summed E-state index contributed by atoms with van der Waals surface area (Å²) in [5.41, 5.74) is 0.848. The minimum Gasteiger partial charge on any atom is -0.444 e. The first-order valence-corrected chi connectivity index (χ1v) is 6.38. The number of carbonyl (C=O) groups excluding carboxylic acids is 1. The van der Waals surface area contributed by atoms with Crippen molar-refractivity contribution in [2.24, 2.45) is 0 Å². The summed E-state index contributed by atoms with van der Waals surface area (Å²) in [6.45, 7) is 3.29. The Balaban J connectivity index is 2.17. The molecule has 0 aliphatic heterocycles. The zero-order valence-electron chi connectivity index (χ0n) is 11.8. The van der Waals surface area contributed by atoms with E-state index in [1.165, 1.54) is 12.4 Å². The van der Waals surface area contributed by atoms with E-state index >= 15 is 0 Å². The van der Waals surface area contributed by atoms with Crippen molar-refractivity contribution in [3.05, 3.63) is 47.4 Å². The van der Waals surface area contributed by atoms with Crippen LogP contribution < -0.4 is 5.32 Å². The van der Waals surface area contributed by atoms with Crippen LogP contribution in [0.2, 0.25) is 0 Å². The number of rotatable bonds is 3. The van der Waals surface area contributed by atoms with Gasteiger partial charge in [-0.05, 0) is 19.9 Å². The molecule has 0 aliphatic rings. The van der Waals surface area contributed by atoms with Gasteiger partial charge in [-0.15, -0.1) is 0 Å². The van der Waals surface area contributed by atoms with Gasteiger partial charge in [0.15, 0.2) is 0 Å². The van der Waals surface area contributed by atoms with Gasteiger partial charge in [0.25, 0.3) is 5.91 Å². The lowest BCUT2D eigenvalue weighted by atomic mass is 10.1. The van der Waals surface area contributed by atoms with Crippen LogP contribution in [0.5, 0.6) is 0 Å². The summed E-state index contributed by atoms with van der Waals surface area (Å²) in [7, 11) is 0. The van der Waals surface area contributed by atoms with E-state index in [-0.39, 0.29) is 18.6 Å². The van der Waals surface area contributed by atoms with E-state index in [2.05, 4.69) is 27.1 Å². The van der Waals surface area contributed by atoms with Gasteiger partial charge in [0.2, 0.25) is 5.89 Å². The Hall–Kier alpha value is -2.65. The third kappa shape index (κ3) is 3.68. The van der Waals surface area contributed by atoms with Gasteiger partial charge < -0.3 is 14.8 Å². The van der Waals surface area contributed by atoms with Gasteiger partial charge in [0, 0.05) is 12.4 Å². The minimum atomic E-state index is -0.363. The first-order valence-electron chi connectivity index (χ1n) is 6.38. The van der Waals surface area contributed by atoms with Gasteiger partial charge in [-0.3, -0.25) is 9.78 Å². The number of aromatic nitrogens is 2. The fourth-order valence-electron chi connectivity index (χ4n) is 1.74. The molecular weight excluding hydrogens is 270 g/mol. The van der Waals surface area contributed by atoms with Crippen LogP contribution >= 0.6 is 0 Å². The number of hydrogen-bond acceptors (Lipinski definition) is 5. The maximum absolute atomic E-state index is 12.3. The van der Waals surface area contributed by atoms with Gasteiger partial charge in [0.1, 0.15) is 18.4 Å². The van der Waals surface area contributed by atoms with Crippen molar-refractivity contribution >= 4 is 5.91 Å². The van der Waals surface area contributed by atoms with Crippen molar-refractivity contribution in [2.45, 2.75) is 19.9 Å². The zero-order chi connectivity index (χ0) is 15.2. The van der Waals surface area contributed by atoms with Crippen LogP contribution in [0, 0.1) is 18.8 Å². The van der Waals surface area contributed by atoms with Crippen LogP contribution in [0.4, 0.5) is 0 Å². The van der Waals surface area contributed by atoms with Crippen molar-refractivity contribution in [3.8, 4) is 11.8 Å². The molecular formula is C15H15N3O3. The minimum absolute atomic E-state index is 0.276. The molecule has 2 aromatic rings. The highest BCUT2D eigenvalue weighted by molar-refractivity contribution is 5.96. The molecule has 2 aromatic heterocycles. The van der Waals surface area contributed by atoms with E-state index in [0.717, 1.165) is 0 Å². The van der Waals surface area contributed by atoms with E-state index in [4.69, 9.17) is 9.52 Å². The van der Waals surface area contributed by atoms with Gasteiger partial charge in [-0.1, -0.05) is 11.8 Å². The van der Waals surface area contributed by atoms with Gasteiger partial charge in [-0.25, -0.2) is 4.98 Å². The molecule has 0 saturated heterocycles. The molecule has 0 radical (unpaired) electrons. The average Bonchev–Trinajstić information content (AvgIpc) is 2.92. The molecule has 21 heavy (non-hydrogen) atoms. The van der Waals surface area contributed by atoms with Crippen molar-refractivity contribution in [3.63, 3.8) is 0 Å². The van der Waals surface area contributed by atoms with Gasteiger partial charge in [0.05, 0.1) is 17.3 Å². The summed E-state index contributed by atoms with van der Waals surface area (Å²) < 4.78 is 5.38. The molecule has 0 fully saturated rings. The van der Waals surface area contributed by atoms with Crippen molar-refractivity contribution in [2.75, 3.05) is 6.61 Å². The lowest BCUT2D eigenvalue weighted by Gasteiger charge is -2.11. The topological polar surface area (TPSA) is 88.2 Å². The molecule has 6 heteroatoms. The monoisotopic (exact) mass is 285 g/mol. The second-order valence-corrected chi connectivity index (χ2v) is 4.39. The lowest BCUT2D eigenvalue weighted by molar-refractivity contribution is 0.0933. The number of nitrogens with zero attached hydrogens (tertiary/aromatic N) is 2. The SMILES string of the molecule is Cc1cnc(C(C)NC(=O)c2ccncc2C#CCO)o1. The Morgan fingerprint density at radius 3 is 3.00 bits per heavy atom. The highest BCUT2D eigenvalue weighted by Crippen LogP contribution is 2.14. The van der Waals surface area contributed by atoms with Crippen LogP contribution in [0.25, 0.3) is 0 Å². The normalized spacial score (nSPS) is 11.4. The second kappa shape index (κ2) is 6.68. The quantitative estimate of drug-likeness (QED) is 0.828. The molecule has 0 spiro atoms. The fourth-order valence-corrected chi connectivity index (χ4v) is 1.74. The molecule has 0 bridgehead atoms. The number of aryl methyl sites for hydroxylation is 1. The third-order valence-electron chi connectivity index (χ3n) is 2.72. The number of pyridine rings is 1. The lowest BCUT2D eigenvalue weighted by Crippen LogP contribution is -2.27. The number of aliphatic hydroxyl groups is 1. The standard InChI is InChI=1S/C15H15N3O3/c1-10-8-17-15(21-10)11(2)18-14(20)13-5-6-16-9-12(13)4-3-7-19/h5-6,8-9,11,19H,7H2,1-2H3,(H,18,20). The van der Waals surface area contributed by atoms with E-state index in [0.29, 0.717) is 22.8 Å². The maximum atomic E-state index is 12.3. The third-order valence-corrected chi connectivity index (χ3v) is 2.72. The summed E-state index contributed by atoms with van der Waals surface area (Å²) in [5, 5.41) is 11.5. The number of oxazole rings is 1. The first-order chi connectivity index (χ1) is 10.1. The van der Waals surface area contributed by atoms with Crippen LogP contribution in [-0.4, -0.2) is 27.6 Å². The number of aliphatic hydroxyl groups excluding tert-OH is 1. The summed E-state index contributed by atoms with van der Waals surface area (Å²) in [6, 6.07) is 1.21. The Morgan fingerprint density at radius 1 is 1.52 bits per heavy atom. The molecule has 1 amide bonds. The van der Waals surface area contributed by atoms with Crippen molar-refractivity contribution in [1.82, 2.24) is 15.3 Å². The number of amides is 1. The summed E-state index contributed by atoms with van der Waals surface area (Å²) in [6.07, 6.45) is 4.60. The van der Waals surface area contributed by atoms with Crippen molar-refractivity contribution in [1.29, 1.82) is 0 Å². The van der Waals surface area contributed by atoms with E-state index in [1.54, 1.807) is 26.1 Å². The molecule has 108 valence electrons. The molecule has 6 nitrogen and oxygen atoms in total. The highest BCUT2D eigenvalue weighted by atomic mass is 16.4. The van der Waals surface area contributed by atoms with Crippen molar-refractivity contribution < 1.29 is 14.3 Å². The molecule has 1 atom stereocenters. The molecule has 2 rings (SSSR count). The first kappa shape index (κ1) is 14.8. The van der Waals surface area contributed by atoms with Gasteiger partial charge in [-0.2, -0.15) is 0 Å². The Bertz CT molecular complexity index is 697. The average molecular weight is 285 g/mol. The fraction of sp³-hybridized carbons (Fsp3) is 0.267. The highest BCUT2D eigenvalue weighted by Gasteiger charge is 2.17. The van der Waals surface area contributed by atoms with Crippen LogP contribution in [0.3, 0.4) is 0 Å². The largest absolute Gasteiger partial charge is 0.444 e. The second-order valence-electron chi connectivity index (χ2n) is 4.39. The van der Waals surface area contributed by atoms with E-state index in [1.807, 2.05) is 0 Å². The smallest absolute Gasteiger partial charge is 0.253 e. The van der Waals surface area contributed by atoms with Crippen LogP contribution in [0.15, 0.2) is 29.1 Å². The predicted octanol–water partition coefficient (Wildman–Crippen LogP) is 1.21. The molecule has 2 N–H and O–H groups in total. The summed E-state index contributed by atoms with van der Waals surface area (Å²) in [5.74, 6) is 6.03. The molecule has 1 unspecified atom stereocenters. The molecule has 0 aromatic carbocycles. The van der Waals surface area contributed by atoms with Crippen LogP contribution in [0.1, 0.15) is 40.5 Å². The van der Waals surface area contributed by atoms with E-state index in [9.17, 15) is 4.79 Å². The molecule has 0 saturated carbocycles. The Morgan fingerprint density at radius 2 is 2.33 bits per heavy atom. The molecule has 2 heterocycles. The number of nitrogens with one attached hydrogen (secondary N) is 1. The number of carbonyl (C=O) groups is 1. The molecule has 0 aliphatic carbocycles. The maximum Gasteiger partial charge on any atom is 0.253 e.